The SMILES string of the molecule is CC1CCN(c2ccc(C(=N)N)c3ccccc23)C1CO. The maximum atomic E-state index is 9.69. The lowest BCUT2D eigenvalue weighted by molar-refractivity contribution is 0.245. The van der Waals surface area contributed by atoms with E-state index in [4.69, 9.17) is 11.1 Å². The van der Waals surface area contributed by atoms with Crippen LogP contribution in [-0.4, -0.2) is 30.1 Å². The van der Waals surface area contributed by atoms with Crippen LogP contribution in [0.25, 0.3) is 10.8 Å². The van der Waals surface area contributed by atoms with Crippen LogP contribution < -0.4 is 10.6 Å². The highest BCUT2D eigenvalue weighted by atomic mass is 16.3. The average Bonchev–Trinajstić information content (AvgIpc) is 2.86. The molecule has 0 saturated carbocycles. The molecule has 0 aliphatic carbocycles. The molecule has 0 amide bonds. The van der Waals surface area contributed by atoms with E-state index in [1.165, 1.54) is 0 Å². The highest BCUT2D eigenvalue weighted by Crippen LogP contribution is 2.35. The molecule has 1 heterocycles. The van der Waals surface area contributed by atoms with Gasteiger partial charge in [-0.15, -0.1) is 0 Å². The van der Waals surface area contributed by atoms with Gasteiger partial charge in [0, 0.05) is 23.2 Å². The first-order valence-electron chi connectivity index (χ1n) is 7.37. The lowest BCUT2D eigenvalue weighted by atomic mass is 10.00. The number of nitrogen functional groups attached to an aromatic ring is 1. The van der Waals surface area contributed by atoms with Crippen LogP contribution >= 0.6 is 0 Å². The van der Waals surface area contributed by atoms with Crippen LogP contribution in [0.1, 0.15) is 18.9 Å². The van der Waals surface area contributed by atoms with Crippen LogP contribution in [0.4, 0.5) is 5.69 Å². The third-order valence-electron chi connectivity index (χ3n) is 4.57. The van der Waals surface area contributed by atoms with Crippen molar-refractivity contribution in [2.45, 2.75) is 19.4 Å². The van der Waals surface area contributed by atoms with Gasteiger partial charge >= 0.3 is 0 Å². The molecule has 2 atom stereocenters. The topological polar surface area (TPSA) is 73.3 Å². The van der Waals surface area contributed by atoms with Gasteiger partial charge in [-0.3, -0.25) is 5.41 Å². The predicted octanol–water partition coefficient (Wildman–Crippen LogP) is 2.33. The van der Waals surface area contributed by atoms with E-state index in [1.807, 2.05) is 30.3 Å². The van der Waals surface area contributed by atoms with E-state index in [-0.39, 0.29) is 18.5 Å². The minimum absolute atomic E-state index is 0.0891. The lowest BCUT2D eigenvalue weighted by Gasteiger charge is -2.29. The normalized spacial score (nSPS) is 21.9. The van der Waals surface area contributed by atoms with Crippen molar-refractivity contribution in [3.05, 3.63) is 42.0 Å². The Bertz CT molecular complexity index is 683. The monoisotopic (exact) mass is 283 g/mol. The zero-order chi connectivity index (χ0) is 15.0. The van der Waals surface area contributed by atoms with E-state index in [0.29, 0.717) is 5.92 Å². The molecule has 0 aromatic heterocycles. The van der Waals surface area contributed by atoms with Crippen LogP contribution in [-0.2, 0) is 0 Å². The maximum absolute atomic E-state index is 9.69. The molecule has 4 heteroatoms. The van der Waals surface area contributed by atoms with Crippen LogP contribution in [0.2, 0.25) is 0 Å². The molecule has 2 aromatic carbocycles. The smallest absolute Gasteiger partial charge is 0.123 e. The van der Waals surface area contributed by atoms with Gasteiger partial charge in [0.2, 0.25) is 0 Å². The maximum Gasteiger partial charge on any atom is 0.123 e. The fraction of sp³-hybridized carbons (Fsp3) is 0.353. The minimum atomic E-state index is 0.0891. The Hall–Kier alpha value is -2.07. The van der Waals surface area contributed by atoms with Crippen molar-refractivity contribution in [3.8, 4) is 0 Å². The molecule has 3 rings (SSSR count). The quantitative estimate of drug-likeness (QED) is 0.598. The highest BCUT2D eigenvalue weighted by molar-refractivity contribution is 6.10. The van der Waals surface area contributed by atoms with Gasteiger partial charge in [0.25, 0.3) is 0 Å². The molecule has 0 bridgehead atoms. The van der Waals surface area contributed by atoms with E-state index < -0.39 is 0 Å². The number of nitrogens with one attached hydrogen (secondary N) is 1. The Kier molecular flexibility index (Phi) is 3.55. The molecular formula is C17H21N3O. The molecule has 0 spiro atoms. The number of amidine groups is 1. The van der Waals surface area contributed by atoms with Crippen molar-refractivity contribution in [3.63, 3.8) is 0 Å². The molecule has 4 N–H and O–H groups in total. The van der Waals surface area contributed by atoms with Gasteiger partial charge in [0.05, 0.1) is 12.6 Å². The summed E-state index contributed by atoms with van der Waals surface area (Å²) in [5.41, 5.74) is 7.58. The molecule has 2 aromatic rings. The third kappa shape index (κ3) is 2.25. The molecule has 21 heavy (non-hydrogen) atoms. The number of aliphatic hydroxyl groups is 1. The number of hydrogen-bond acceptors (Lipinski definition) is 3. The van der Waals surface area contributed by atoms with Crippen molar-refractivity contribution in [2.75, 3.05) is 18.1 Å². The van der Waals surface area contributed by atoms with Gasteiger partial charge < -0.3 is 15.7 Å². The van der Waals surface area contributed by atoms with E-state index in [0.717, 1.165) is 35.0 Å². The van der Waals surface area contributed by atoms with Gasteiger partial charge in [-0.25, -0.2) is 0 Å². The standard InChI is InChI=1S/C17H21N3O/c1-11-8-9-20(16(11)10-21)15-7-6-14(17(18)19)12-4-2-3-5-13(12)15/h2-7,11,16,21H,8-10H2,1H3,(H3,18,19). The number of aliphatic hydroxyl groups excluding tert-OH is 1. The Labute approximate surface area is 124 Å². The number of hydrogen-bond donors (Lipinski definition) is 3. The minimum Gasteiger partial charge on any atom is -0.394 e. The first kappa shape index (κ1) is 13.9. The van der Waals surface area contributed by atoms with Gasteiger partial charge in [0.15, 0.2) is 0 Å². The first-order valence-corrected chi connectivity index (χ1v) is 7.37. The summed E-state index contributed by atoms with van der Waals surface area (Å²) in [6.45, 7) is 3.31. The van der Waals surface area contributed by atoms with E-state index >= 15 is 0 Å². The van der Waals surface area contributed by atoms with Gasteiger partial charge in [0.1, 0.15) is 5.84 Å². The van der Waals surface area contributed by atoms with Crippen LogP contribution in [0.3, 0.4) is 0 Å². The number of benzene rings is 2. The summed E-state index contributed by atoms with van der Waals surface area (Å²) in [5.74, 6) is 0.576. The number of nitrogens with two attached hydrogens (primary N) is 1. The van der Waals surface area contributed by atoms with E-state index in [1.54, 1.807) is 0 Å². The van der Waals surface area contributed by atoms with Crippen molar-refractivity contribution in [1.29, 1.82) is 5.41 Å². The lowest BCUT2D eigenvalue weighted by Crippen LogP contribution is -2.35. The summed E-state index contributed by atoms with van der Waals surface area (Å²) in [7, 11) is 0. The van der Waals surface area contributed by atoms with Gasteiger partial charge in [-0.2, -0.15) is 0 Å². The second-order valence-electron chi connectivity index (χ2n) is 5.80. The highest BCUT2D eigenvalue weighted by Gasteiger charge is 2.31. The van der Waals surface area contributed by atoms with Crippen LogP contribution in [0.15, 0.2) is 36.4 Å². The largest absolute Gasteiger partial charge is 0.394 e. The Morgan fingerprint density at radius 3 is 2.67 bits per heavy atom. The summed E-state index contributed by atoms with van der Waals surface area (Å²) < 4.78 is 0. The summed E-state index contributed by atoms with van der Waals surface area (Å²) >= 11 is 0. The molecule has 2 unspecified atom stereocenters. The fourth-order valence-electron chi connectivity index (χ4n) is 3.35. The van der Waals surface area contributed by atoms with Crippen LogP contribution in [0.5, 0.6) is 0 Å². The second-order valence-corrected chi connectivity index (χ2v) is 5.80. The van der Waals surface area contributed by atoms with Crippen molar-refractivity contribution < 1.29 is 5.11 Å². The third-order valence-corrected chi connectivity index (χ3v) is 4.57. The Morgan fingerprint density at radius 1 is 1.29 bits per heavy atom. The Morgan fingerprint density at radius 2 is 2.00 bits per heavy atom. The number of nitrogens with zero attached hydrogens (tertiary/aromatic N) is 1. The summed E-state index contributed by atoms with van der Waals surface area (Å²) in [6, 6.07) is 12.1. The molecule has 1 saturated heterocycles. The van der Waals surface area contributed by atoms with Crippen molar-refractivity contribution in [2.24, 2.45) is 11.7 Å². The fourth-order valence-corrected chi connectivity index (χ4v) is 3.35. The molecule has 1 aliphatic rings. The number of anilines is 1. The molecule has 4 nitrogen and oxygen atoms in total. The number of fused-ring (bicyclic) bond motifs is 1. The summed E-state index contributed by atoms with van der Waals surface area (Å²) in [6.07, 6.45) is 1.09. The summed E-state index contributed by atoms with van der Waals surface area (Å²) in [5, 5.41) is 19.5. The zero-order valence-electron chi connectivity index (χ0n) is 12.2. The Balaban J connectivity index is 2.16. The first-order chi connectivity index (χ1) is 10.1. The van der Waals surface area contributed by atoms with Gasteiger partial charge in [-0.1, -0.05) is 31.2 Å². The molecule has 1 fully saturated rings. The molecule has 110 valence electrons. The summed E-state index contributed by atoms with van der Waals surface area (Å²) in [4.78, 5) is 2.29. The van der Waals surface area contributed by atoms with Crippen molar-refractivity contribution >= 4 is 22.3 Å². The van der Waals surface area contributed by atoms with Crippen LogP contribution in [0, 0.1) is 11.3 Å². The van der Waals surface area contributed by atoms with Gasteiger partial charge in [-0.05, 0) is 29.9 Å². The number of rotatable bonds is 3. The molecular weight excluding hydrogens is 262 g/mol. The zero-order valence-corrected chi connectivity index (χ0v) is 12.2. The van der Waals surface area contributed by atoms with E-state index in [2.05, 4.69) is 17.9 Å². The predicted molar refractivity (Wildman–Crippen MR) is 87.0 cm³/mol. The molecule has 0 radical (unpaired) electrons. The average molecular weight is 283 g/mol. The molecule has 1 aliphatic heterocycles. The van der Waals surface area contributed by atoms with E-state index in [9.17, 15) is 5.11 Å². The second kappa shape index (κ2) is 5.37. The van der Waals surface area contributed by atoms with Crippen molar-refractivity contribution in [1.82, 2.24) is 0 Å².